The van der Waals surface area contributed by atoms with Crippen LogP contribution in [0.15, 0.2) is 29.5 Å². The van der Waals surface area contributed by atoms with Gasteiger partial charge in [0.15, 0.2) is 5.60 Å². The molecule has 3 heterocycles. The first-order valence-electron chi connectivity index (χ1n) is 8.72. The number of anilines is 1. The third kappa shape index (κ3) is 2.32. The molecule has 26 heavy (non-hydrogen) atoms. The first-order valence-corrected chi connectivity index (χ1v) is 10.6. The van der Waals surface area contributed by atoms with Gasteiger partial charge in [0, 0.05) is 21.3 Å². The zero-order valence-electron chi connectivity index (χ0n) is 14.7. The Morgan fingerprint density at radius 2 is 2.04 bits per heavy atom. The van der Waals surface area contributed by atoms with E-state index in [1.807, 2.05) is 18.2 Å². The van der Waals surface area contributed by atoms with Crippen LogP contribution in [0.4, 0.5) is 5.69 Å². The Morgan fingerprint density at radius 3 is 2.81 bits per heavy atom. The summed E-state index contributed by atoms with van der Waals surface area (Å²) in [7, 11) is 0. The van der Waals surface area contributed by atoms with Gasteiger partial charge in [0.05, 0.1) is 12.3 Å². The van der Waals surface area contributed by atoms with Crippen LogP contribution in [0.25, 0.3) is 0 Å². The van der Waals surface area contributed by atoms with E-state index in [0.717, 1.165) is 40.3 Å². The van der Waals surface area contributed by atoms with Gasteiger partial charge in [0.1, 0.15) is 10.5 Å². The smallest absolute Gasteiger partial charge is 0.265 e. The Hall–Kier alpha value is -1.06. The molecule has 2 atom stereocenters. The summed E-state index contributed by atoms with van der Waals surface area (Å²) in [5, 5.41) is 11.7. The van der Waals surface area contributed by atoms with Gasteiger partial charge in [-0.25, -0.2) is 0 Å². The van der Waals surface area contributed by atoms with Gasteiger partial charge in [-0.05, 0) is 73.9 Å². The van der Waals surface area contributed by atoms with Gasteiger partial charge in [-0.15, -0.1) is 0 Å². The van der Waals surface area contributed by atoms with Crippen LogP contribution in [0.3, 0.4) is 0 Å². The van der Waals surface area contributed by atoms with Crippen LogP contribution in [-0.2, 0) is 19.9 Å². The quantitative estimate of drug-likeness (QED) is 0.572. The number of halogens is 1. The van der Waals surface area contributed by atoms with E-state index in [1.54, 1.807) is 18.7 Å². The zero-order chi connectivity index (χ0) is 18.7. The number of carbonyl (C=O) groups excluding carboxylic acids is 2. The Morgan fingerprint density at radius 1 is 1.27 bits per heavy atom. The van der Waals surface area contributed by atoms with Crippen LogP contribution < -0.4 is 4.90 Å². The summed E-state index contributed by atoms with van der Waals surface area (Å²) in [5.74, 6) is 0.0758. The Balaban J connectivity index is 1.99. The van der Waals surface area contributed by atoms with E-state index in [1.165, 1.54) is 0 Å². The van der Waals surface area contributed by atoms with Crippen molar-refractivity contribution in [2.45, 2.75) is 43.5 Å². The molecule has 0 spiro atoms. The molecule has 2 bridgehead atoms. The van der Waals surface area contributed by atoms with Crippen molar-refractivity contribution in [2.75, 3.05) is 18.1 Å². The Kier molecular flexibility index (Phi) is 4.39. The average Bonchev–Trinajstić information content (AvgIpc) is 2.95. The molecule has 1 aromatic carbocycles. The minimum absolute atomic E-state index is 0.147. The number of fused-ring (bicyclic) bond motifs is 7. The summed E-state index contributed by atoms with van der Waals surface area (Å²) < 4.78 is 5.75. The van der Waals surface area contributed by atoms with Crippen LogP contribution >= 0.6 is 34.4 Å². The summed E-state index contributed by atoms with van der Waals surface area (Å²) in [6.07, 6.45) is 2.62. The number of carbonyl (C=O) groups is 2. The van der Waals surface area contributed by atoms with E-state index < -0.39 is 10.3 Å². The lowest BCUT2D eigenvalue weighted by molar-refractivity contribution is -0.139. The molecule has 7 heteroatoms. The molecular weight excluding hydrogens is 465 g/mol. The number of benzene rings is 1. The van der Waals surface area contributed by atoms with Gasteiger partial charge in [-0.3, -0.25) is 9.59 Å². The lowest BCUT2D eigenvalue weighted by Crippen LogP contribution is -2.54. The number of rotatable bonds is 0. The maximum Gasteiger partial charge on any atom is 0.265 e. The number of amides is 1. The summed E-state index contributed by atoms with van der Waals surface area (Å²) in [6.45, 7) is 4.51. The van der Waals surface area contributed by atoms with Crippen molar-refractivity contribution in [3.63, 3.8) is 0 Å². The molecule has 5 nitrogen and oxygen atoms in total. The minimum Gasteiger partial charge on any atom is -0.496 e. The lowest BCUT2D eigenvalue weighted by Gasteiger charge is -2.38. The van der Waals surface area contributed by atoms with E-state index >= 15 is 0 Å². The maximum absolute atomic E-state index is 13.5. The molecule has 1 amide bonds. The molecule has 1 fully saturated rings. The van der Waals surface area contributed by atoms with Crippen LogP contribution in [0, 0.1) is 3.57 Å². The average molecular weight is 485 g/mol. The first-order chi connectivity index (χ1) is 12.3. The van der Waals surface area contributed by atoms with Crippen LogP contribution in [0.5, 0.6) is 0 Å². The van der Waals surface area contributed by atoms with Gasteiger partial charge in [-0.2, -0.15) is 0 Å². The SMILES string of the molecule is CC1=C2OCCCCCN3C(=O)C(O)(c4cc(I)ccc43)C2(C)SC1=O. The molecular formula is C19H20INO4S. The highest BCUT2D eigenvalue weighted by atomic mass is 127. The Labute approximate surface area is 170 Å². The highest BCUT2D eigenvalue weighted by Gasteiger charge is 2.66. The van der Waals surface area contributed by atoms with Crippen molar-refractivity contribution in [1.29, 1.82) is 0 Å². The summed E-state index contributed by atoms with van der Waals surface area (Å²) >= 11 is 3.18. The van der Waals surface area contributed by atoms with E-state index in [9.17, 15) is 14.7 Å². The molecule has 4 rings (SSSR count). The molecule has 1 N–H and O–H groups in total. The van der Waals surface area contributed by atoms with Crippen molar-refractivity contribution in [3.05, 3.63) is 38.7 Å². The number of aliphatic hydroxyl groups is 1. The first kappa shape index (κ1) is 18.3. The minimum atomic E-state index is -1.83. The predicted molar refractivity (Wildman–Crippen MR) is 109 cm³/mol. The van der Waals surface area contributed by atoms with Gasteiger partial charge >= 0.3 is 0 Å². The van der Waals surface area contributed by atoms with Crippen molar-refractivity contribution < 1.29 is 19.4 Å². The number of hydrogen-bond acceptors (Lipinski definition) is 5. The lowest BCUT2D eigenvalue weighted by atomic mass is 9.80. The number of nitrogens with zero attached hydrogens (tertiary/aromatic N) is 1. The standard InChI is InChI=1S/C19H20INO4S/c1-11-15-18(2,26-16(11)22)19(24)13-10-12(20)6-7-14(13)21(17(19)23)8-4-3-5-9-25-15/h6-7,10,24H,3-5,8-9H2,1-2H3. The van der Waals surface area contributed by atoms with Crippen molar-refractivity contribution >= 4 is 51.1 Å². The fraction of sp³-hybridized carbons (Fsp3) is 0.474. The van der Waals surface area contributed by atoms with Gasteiger partial charge in [0.2, 0.25) is 5.12 Å². The van der Waals surface area contributed by atoms with E-state index in [2.05, 4.69) is 22.6 Å². The second-order valence-corrected chi connectivity index (χ2v) is 9.75. The highest BCUT2D eigenvalue weighted by Crippen LogP contribution is 2.59. The molecule has 138 valence electrons. The Bertz CT molecular complexity index is 854. The molecule has 1 aromatic rings. The van der Waals surface area contributed by atoms with E-state index in [4.69, 9.17) is 4.74 Å². The molecule has 3 aliphatic rings. The molecule has 2 unspecified atom stereocenters. The second kappa shape index (κ2) is 6.24. The third-order valence-corrected chi connectivity index (χ3v) is 7.59. The summed E-state index contributed by atoms with van der Waals surface area (Å²) in [4.78, 5) is 27.6. The van der Waals surface area contributed by atoms with Crippen LogP contribution in [0.1, 0.15) is 38.7 Å². The highest BCUT2D eigenvalue weighted by molar-refractivity contribution is 14.1. The predicted octanol–water partition coefficient (Wildman–Crippen LogP) is 3.33. The molecule has 0 aliphatic carbocycles. The van der Waals surface area contributed by atoms with Gasteiger partial charge in [-0.1, -0.05) is 11.8 Å². The molecule has 1 saturated heterocycles. The van der Waals surface area contributed by atoms with Crippen LogP contribution in [0.2, 0.25) is 0 Å². The topological polar surface area (TPSA) is 66.8 Å². The zero-order valence-corrected chi connectivity index (χ0v) is 17.6. The van der Waals surface area contributed by atoms with E-state index in [0.29, 0.717) is 30.0 Å². The van der Waals surface area contributed by atoms with Crippen molar-refractivity contribution in [3.8, 4) is 0 Å². The number of thioether (sulfide) groups is 1. The fourth-order valence-electron chi connectivity index (χ4n) is 4.10. The molecule has 3 aliphatic heterocycles. The maximum atomic E-state index is 13.5. The molecule has 0 radical (unpaired) electrons. The fourth-order valence-corrected chi connectivity index (χ4v) is 5.86. The monoisotopic (exact) mass is 485 g/mol. The number of ether oxygens (including phenoxy) is 1. The largest absolute Gasteiger partial charge is 0.496 e. The van der Waals surface area contributed by atoms with Crippen LogP contribution in [-0.4, -0.2) is 34.0 Å². The molecule has 0 saturated carbocycles. The summed E-state index contributed by atoms with van der Waals surface area (Å²) in [6, 6.07) is 5.67. The third-order valence-electron chi connectivity index (χ3n) is 5.53. The van der Waals surface area contributed by atoms with Gasteiger partial charge in [0.25, 0.3) is 5.91 Å². The second-order valence-electron chi connectivity index (χ2n) is 7.11. The summed E-state index contributed by atoms with van der Waals surface area (Å²) in [5.41, 5.74) is -0.0461. The van der Waals surface area contributed by atoms with Crippen molar-refractivity contribution in [1.82, 2.24) is 0 Å². The van der Waals surface area contributed by atoms with E-state index in [-0.39, 0.29) is 11.0 Å². The van der Waals surface area contributed by atoms with Crippen molar-refractivity contribution in [2.24, 2.45) is 0 Å². The number of hydrogen-bond donors (Lipinski definition) is 1. The molecule has 0 aromatic heterocycles. The van der Waals surface area contributed by atoms with Gasteiger partial charge < -0.3 is 14.7 Å². The normalized spacial score (nSPS) is 31.5.